The third-order valence-corrected chi connectivity index (χ3v) is 2.36. The minimum atomic E-state index is 0.648. The van der Waals surface area contributed by atoms with Crippen LogP contribution in [0.5, 0.6) is 0 Å². The van der Waals surface area contributed by atoms with Crippen molar-refractivity contribution in [3.63, 3.8) is 0 Å². The predicted molar refractivity (Wildman–Crippen MR) is 61.8 cm³/mol. The molecular weight excluding hydrogens is 156 g/mol. The van der Waals surface area contributed by atoms with Crippen LogP contribution in [0, 0.1) is 11.8 Å². The fourth-order valence-corrected chi connectivity index (χ4v) is 1.45. The second-order valence-corrected chi connectivity index (χ2v) is 4.07. The van der Waals surface area contributed by atoms with Gasteiger partial charge in [-0.3, -0.25) is 0 Å². The Labute approximate surface area is 83.7 Å². The molecule has 0 aromatic carbocycles. The van der Waals surface area contributed by atoms with Gasteiger partial charge in [-0.2, -0.15) is 0 Å². The van der Waals surface area contributed by atoms with Gasteiger partial charge in [-0.1, -0.05) is 57.9 Å². The minimum Gasteiger partial charge on any atom is -0.0842 e. The molecule has 0 heterocycles. The van der Waals surface area contributed by atoms with E-state index in [9.17, 15) is 0 Å². The summed E-state index contributed by atoms with van der Waals surface area (Å²) in [5.74, 6) is 1.37. The second-order valence-electron chi connectivity index (χ2n) is 4.07. The van der Waals surface area contributed by atoms with Crippen molar-refractivity contribution in [2.24, 2.45) is 11.8 Å². The van der Waals surface area contributed by atoms with Gasteiger partial charge >= 0.3 is 0 Å². The summed E-state index contributed by atoms with van der Waals surface area (Å²) in [6.07, 6.45) is 9.40. The molecule has 0 rings (SSSR count). The molecule has 0 saturated carbocycles. The van der Waals surface area contributed by atoms with E-state index in [1.807, 2.05) is 0 Å². The van der Waals surface area contributed by atoms with Crippen LogP contribution in [0.3, 0.4) is 0 Å². The molecule has 76 valence electrons. The van der Waals surface area contributed by atoms with Gasteiger partial charge < -0.3 is 0 Å². The fraction of sp³-hybridized carbons (Fsp3) is 0.692. The van der Waals surface area contributed by atoms with Gasteiger partial charge in [-0.05, 0) is 25.2 Å². The SMILES string of the molecule is C/C=C(\C=C/C(C)CCC)C(C)C. The highest BCUT2D eigenvalue weighted by molar-refractivity contribution is 5.20. The predicted octanol–water partition coefficient (Wildman–Crippen LogP) is 4.58. The smallest absolute Gasteiger partial charge is 0.0222 e. The van der Waals surface area contributed by atoms with Crippen LogP contribution in [-0.2, 0) is 0 Å². The zero-order valence-electron chi connectivity index (χ0n) is 9.80. The zero-order valence-corrected chi connectivity index (χ0v) is 9.80. The summed E-state index contributed by atoms with van der Waals surface area (Å²) in [5, 5.41) is 0. The molecule has 0 aromatic rings. The highest BCUT2D eigenvalue weighted by Gasteiger charge is 1.98. The van der Waals surface area contributed by atoms with E-state index in [1.165, 1.54) is 18.4 Å². The van der Waals surface area contributed by atoms with Crippen molar-refractivity contribution in [2.75, 3.05) is 0 Å². The van der Waals surface area contributed by atoms with Crippen molar-refractivity contribution < 1.29 is 0 Å². The maximum absolute atomic E-state index is 2.33. The van der Waals surface area contributed by atoms with Crippen molar-refractivity contribution in [3.8, 4) is 0 Å². The van der Waals surface area contributed by atoms with E-state index in [1.54, 1.807) is 0 Å². The normalized spacial score (nSPS) is 15.7. The number of rotatable bonds is 5. The van der Waals surface area contributed by atoms with E-state index in [0.717, 1.165) is 5.92 Å². The van der Waals surface area contributed by atoms with Crippen molar-refractivity contribution in [3.05, 3.63) is 23.8 Å². The quantitative estimate of drug-likeness (QED) is 0.543. The van der Waals surface area contributed by atoms with Gasteiger partial charge in [-0.15, -0.1) is 0 Å². The molecule has 0 radical (unpaired) electrons. The second kappa shape index (κ2) is 6.94. The Kier molecular flexibility index (Phi) is 6.66. The molecule has 0 aliphatic carbocycles. The lowest BCUT2D eigenvalue weighted by Crippen LogP contribution is -1.92. The number of hydrogen-bond acceptors (Lipinski definition) is 0. The standard InChI is InChI=1S/C13H24/c1-6-8-12(5)9-10-13(7-2)11(3)4/h7,9-12H,6,8H2,1-5H3/b10-9-,13-7+. The van der Waals surface area contributed by atoms with E-state index in [2.05, 4.69) is 52.8 Å². The maximum Gasteiger partial charge on any atom is -0.0222 e. The van der Waals surface area contributed by atoms with Crippen LogP contribution in [0.2, 0.25) is 0 Å². The average Bonchev–Trinajstić information content (AvgIpc) is 2.05. The summed E-state index contributed by atoms with van der Waals surface area (Å²) in [7, 11) is 0. The summed E-state index contributed by atoms with van der Waals surface area (Å²) >= 11 is 0. The molecule has 0 aromatic heterocycles. The lowest BCUT2D eigenvalue weighted by Gasteiger charge is -2.07. The highest BCUT2D eigenvalue weighted by Crippen LogP contribution is 2.14. The van der Waals surface area contributed by atoms with E-state index in [4.69, 9.17) is 0 Å². The molecule has 0 N–H and O–H groups in total. The Hall–Kier alpha value is -0.520. The Morgan fingerprint density at radius 3 is 2.23 bits per heavy atom. The fourth-order valence-electron chi connectivity index (χ4n) is 1.45. The van der Waals surface area contributed by atoms with E-state index < -0.39 is 0 Å². The summed E-state index contributed by atoms with van der Waals surface area (Å²) in [6, 6.07) is 0. The lowest BCUT2D eigenvalue weighted by molar-refractivity contribution is 0.632. The van der Waals surface area contributed by atoms with Gasteiger partial charge in [0, 0.05) is 0 Å². The molecule has 13 heavy (non-hydrogen) atoms. The molecule has 0 fully saturated rings. The van der Waals surface area contributed by atoms with Crippen LogP contribution in [0.15, 0.2) is 23.8 Å². The van der Waals surface area contributed by atoms with Gasteiger partial charge in [0.15, 0.2) is 0 Å². The van der Waals surface area contributed by atoms with Gasteiger partial charge in [0.2, 0.25) is 0 Å². The Bertz CT molecular complexity index is 172. The Morgan fingerprint density at radius 2 is 1.85 bits per heavy atom. The molecule has 1 unspecified atom stereocenters. The number of hydrogen-bond donors (Lipinski definition) is 0. The molecule has 0 spiro atoms. The Balaban J connectivity index is 4.08. The number of allylic oxidation sites excluding steroid dienone is 4. The third-order valence-electron chi connectivity index (χ3n) is 2.36. The summed E-state index contributed by atoms with van der Waals surface area (Å²) < 4.78 is 0. The van der Waals surface area contributed by atoms with Crippen LogP contribution >= 0.6 is 0 Å². The first-order valence-electron chi connectivity index (χ1n) is 5.46. The van der Waals surface area contributed by atoms with Crippen molar-refractivity contribution in [1.29, 1.82) is 0 Å². The van der Waals surface area contributed by atoms with Crippen LogP contribution in [0.4, 0.5) is 0 Å². The molecule has 1 atom stereocenters. The van der Waals surface area contributed by atoms with E-state index in [-0.39, 0.29) is 0 Å². The van der Waals surface area contributed by atoms with Crippen LogP contribution in [0.1, 0.15) is 47.5 Å². The minimum absolute atomic E-state index is 0.648. The first-order valence-corrected chi connectivity index (χ1v) is 5.46. The zero-order chi connectivity index (χ0) is 10.3. The van der Waals surface area contributed by atoms with Crippen molar-refractivity contribution in [2.45, 2.75) is 47.5 Å². The third kappa shape index (κ3) is 5.68. The van der Waals surface area contributed by atoms with Gasteiger partial charge in [-0.25, -0.2) is 0 Å². The monoisotopic (exact) mass is 180 g/mol. The van der Waals surface area contributed by atoms with Gasteiger partial charge in [0.05, 0.1) is 0 Å². The van der Waals surface area contributed by atoms with Gasteiger partial charge in [0.25, 0.3) is 0 Å². The summed E-state index contributed by atoms with van der Waals surface area (Å²) in [5.41, 5.74) is 1.45. The molecular formula is C13H24. The van der Waals surface area contributed by atoms with Crippen molar-refractivity contribution in [1.82, 2.24) is 0 Å². The first kappa shape index (κ1) is 12.5. The molecule has 0 nitrogen and oxygen atoms in total. The van der Waals surface area contributed by atoms with Crippen LogP contribution in [0.25, 0.3) is 0 Å². The van der Waals surface area contributed by atoms with E-state index >= 15 is 0 Å². The Morgan fingerprint density at radius 1 is 1.23 bits per heavy atom. The van der Waals surface area contributed by atoms with Crippen LogP contribution in [-0.4, -0.2) is 0 Å². The van der Waals surface area contributed by atoms with Crippen molar-refractivity contribution >= 4 is 0 Å². The molecule has 0 aliphatic heterocycles. The lowest BCUT2D eigenvalue weighted by atomic mass is 9.99. The molecule has 0 aliphatic rings. The topological polar surface area (TPSA) is 0 Å². The molecule has 0 bridgehead atoms. The summed E-state index contributed by atoms with van der Waals surface area (Å²) in [6.45, 7) is 11.1. The molecule has 0 amide bonds. The first-order chi connectivity index (χ1) is 6.11. The average molecular weight is 180 g/mol. The summed E-state index contributed by atoms with van der Waals surface area (Å²) in [4.78, 5) is 0. The molecule has 0 saturated heterocycles. The highest BCUT2D eigenvalue weighted by atomic mass is 14.0. The van der Waals surface area contributed by atoms with Gasteiger partial charge in [0.1, 0.15) is 0 Å². The molecule has 0 heteroatoms. The van der Waals surface area contributed by atoms with E-state index in [0.29, 0.717) is 5.92 Å². The largest absolute Gasteiger partial charge is 0.0842 e. The maximum atomic E-state index is 2.33. The van der Waals surface area contributed by atoms with Crippen LogP contribution < -0.4 is 0 Å².